The number of alkyl halides is 3. The molecule has 1 rings (SSSR count). The average Bonchev–Trinajstić information content (AvgIpc) is 2.62. The predicted molar refractivity (Wildman–Crippen MR) is 112 cm³/mol. The van der Waals surface area contributed by atoms with Crippen molar-refractivity contribution in [3.63, 3.8) is 0 Å². The zero-order valence-corrected chi connectivity index (χ0v) is 18.2. The molecule has 158 valence electrons. The van der Waals surface area contributed by atoms with E-state index in [9.17, 15) is 22.8 Å². The fourth-order valence-electron chi connectivity index (χ4n) is 2.21. The van der Waals surface area contributed by atoms with Gasteiger partial charge < -0.3 is 20.9 Å². The van der Waals surface area contributed by atoms with Gasteiger partial charge in [0, 0.05) is 33.3 Å². The van der Waals surface area contributed by atoms with Crippen LogP contribution in [0.2, 0.25) is 0 Å². The summed E-state index contributed by atoms with van der Waals surface area (Å²) in [6.07, 6.45) is -3.85. The van der Waals surface area contributed by atoms with Gasteiger partial charge in [0.2, 0.25) is 5.91 Å². The van der Waals surface area contributed by atoms with Gasteiger partial charge in [-0.05, 0) is 24.1 Å². The van der Waals surface area contributed by atoms with Crippen molar-refractivity contribution in [3.05, 3.63) is 35.4 Å². The van der Waals surface area contributed by atoms with Gasteiger partial charge in [-0.2, -0.15) is 13.2 Å². The van der Waals surface area contributed by atoms with E-state index in [1.165, 1.54) is 7.05 Å². The van der Waals surface area contributed by atoms with E-state index in [1.807, 2.05) is 6.07 Å². The molecule has 0 fully saturated rings. The number of hydrogen-bond acceptors (Lipinski definition) is 3. The number of halogens is 4. The maximum atomic E-state index is 12.3. The van der Waals surface area contributed by atoms with Gasteiger partial charge in [0.1, 0.15) is 6.54 Å². The van der Waals surface area contributed by atoms with Crippen molar-refractivity contribution in [1.29, 1.82) is 0 Å². The number of guanidine groups is 1. The molecule has 0 bridgehead atoms. The highest BCUT2D eigenvalue weighted by atomic mass is 127. The Balaban J connectivity index is 0.00000729. The van der Waals surface area contributed by atoms with E-state index in [0.717, 1.165) is 12.6 Å². The molecule has 1 aromatic rings. The lowest BCUT2D eigenvalue weighted by Crippen LogP contribution is -2.45. The smallest absolute Gasteiger partial charge is 0.356 e. The number of amides is 2. The van der Waals surface area contributed by atoms with Crippen molar-refractivity contribution in [1.82, 2.24) is 20.9 Å². The molecular formula is C17H25F3IN5O2. The minimum Gasteiger partial charge on any atom is -0.356 e. The molecule has 0 saturated carbocycles. The zero-order valence-electron chi connectivity index (χ0n) is 15.9. The van der Waals surface area contributed by atoms with E-state index in [-0.39, 0.29) is 36.4 Å². The molecular weight excluding hydrogens is 490 g/mol. The van der Waals surface area contributed by atoms with E-state index < -0.39 is 18.6 Å². The zero-order chi connectivity index (χ0) is 20.4. The van der Waals surface area contributed by atoms with Crippen molar-refractivity contribution in [2.75, 3.05) is 40.8 Å². The fraction of sp³-hybridized carbons (Fsp3) is 0.471. The summed E-state index contributed by atoms with van der Waals surface area (Å²) in [5.74, 6) is -0.580. The van der Waals surface area contributed by atoms with Crippen LogP contribution < -0.4 is 16.0 Å². The summed E-state index contributed by atoms with van der Waals surface area (Å²) in [5, 5.41) is 8.20. The van der Waals surface area contributed by atoms with Gasteiger partial charge in [-0.25, -0.2) is 0 Å². The van der Waals surface area contributed by atoms with Crippen LogP contribution in [0.25, 0.3) is 0 Å². The first-order valence-electron chi connectivity index (χ1n) is 8.22. The van der Waals surface area contributed by atoms with Crippen molar-refractivity contribution < 1.29 is 22.8 Å². The molecule has 0 heterocycles. The number of carbonyl (C=O) groups is 2. The molecule has 0 spiro atoms. The summed E-state index contributed by atoms with van der Waals surface area (Å²) in [5.41, 5.74) is 1.48. The Bertz CT molecular complexity index is 683. The van der Waals surface area contributed by atoms with Crippen LogP contribution in [0.1, 0.15) is 15.9 Å². The van der Waals surface area contributed by atoms with Gasteiger partial charge in [0.15, 0.2) is 5.96 Å². The molecule has 0 saturated heterocycles. The van der Waals surface area contributed by atoms with Crippen molar-refractivity contribution in [2.45, 2.75) is 12.6 Å². The van der Waals surface area contributed by atoms with Crippen LogP contribution in [-0.2, 0) is 11.2 Å². The highest BCUT2D eigenvalue weighted by Gasteiger charge is 2.31. The lowest BCUT2D eigenvalue weighted by molar-refractivity contribution is -0.157. The molecule has 1 aromatic carbocycles. The molecule has 11 heteroatoms. The van der Waals surface area contributed by atoms with Gasteiger partial charge in [0.25, 0.3) is 5.91 Å². The number of carbonyl (C=O) groups excluding carboxylic acids is 2. The van der Waals surface area contributed by atoms with Crippen molar-refractivity contribution >= 4 is 41.8 Å². The molecule has 0 radical (unpaired) electrons. The van der Waals surface area contributed by atoms with Crippen LogP contribution in [0.3, 0.4) is 0 Å². The molecule has 0 atom stereocenters. The first-order chi connectivity index (χ1) is 12.7. The Labute approximate surface area is 179 Å². The molecule has 0 aliphatic heterocycles. The number of nitrogens with one attached hydrogen (secondary N) is 3. The summed E-state index contributed by atoms with van der Waals surface area (Å²) in [7, 11) is 4.14. The summed E-state index contributed by atoms with van der Waals surface area (Å²) in [6, 6.07) is 7.13. The Morgan fingerprint density at radius 3 is 2.46 bits per heavy atom. The third-order valence-corrected chi connectivity index (χ3v) is 3.60. The van der Waals surface area contributed by atoms with E-state index in [4.69, 9.17) is 0 Å². The minimum atomic E-state index is -4.44. The summed E-state index contributed by atoms with van der Waals surface area (Å²) >= 11 is 0. The van der Waals surface area contributed by atoms with Crippen LogP contribution in [0.4, 0.5) is 13.2 Å². The molecule has 2 amide bonds. The second-order valence-electron chi connectivity index (χ2n) is 5.75. The Morgan fingerprint density at radius 1 is 1.21 bits per heavy atom. The van der Waals surface area contributed by atoms with E-state index in [1.54, 1.807) is 25.2 Å². The third kappa shape index (κ3) is 9.76. The summed E-state index contributed by atoms with van der Waals surface area (Å²) < 4.78 is 36.9. The monoisotopic (exact) mass is 515 g/mol. The van der Waals surface area contributed by atoms with Crippen LogP contribution in [0.5, 0.6) is 0 Å². The predicted octanol–water partition coefficient (Wildman–Crippen LogP) is 1.39. The molecule has 0 unspecified atom stereocenters. The van der Waals surface area contributed by atoms with Crippen LogP contribution in [0.15, 0.2) is 29.3 Å². The SMILES string of the molecule is CN=C(NCCc1cccc(C(=O)NC)c1)NCC(=O)N(C)CC(F)(F)F.I. The topological polar surface area (TPSA) is 85.8 Å². The largest absolute Gasteiger partial charge is 0.406 e. The highest BCUT2D eigenvalue weighted by Crippen LogP contribution is 2.15. The van der Waals surface area contributed by atoms with E-state index in [0.29, 0.717) is 29.4 Å². The molecule has 28 heavy (non-hydrogen) atoms. The van der Waals surface area contributed by atoms with Crippen LogP contribution in [0, 0.1) is 0 Å². The average molecular weight is 515 g/mol. The highest BCUT2D eigenvalue weighted by molar-refractivity contribution is 14.0. The van der Waals surface area contributed by atoms with Gasteiger partial charge in [-0.1, -0.05) is 12.1 Å². The first-order valence-corrected chi connectivity index (χ1v) is 8.22. The van der Waals surface area contributed by atoms with Crippen LogP contribution in [-0.4, -0.2) is 69.6 Å². The minimum absolute atomic E-state index is 0. The van der Waals surface area contributed by atoms with Gasteiger partial charge in [-0.3, -0.25) is 14.6 Å². The lowest BCUT2D eigenvalue weighted by atomic mass is 10.1. The van der Waals surface area contributed by atoms with E-state index >= 15 is 0 Å². The molecule has 0 aliphatic carbocycles. The maximum Gasteiger partial charge on any atom is 0.406 e. The van der Waals surface area contributed by atoms with E-state index in [2.05, 4.69) is 20.9 Å². The summed E-state index contributed by atoms with van der Waals surface area (Å²) in [6.45, 7) is -1.15. The Kier molecular flexibility index (Phi) is 11.5. The fourth-order valence-corrected chi connectivity index (χ4v) is 2.21. The Hall–Kier alpha value is -2.05. The number of aliphatic imine (C=N–C) groups is 1. The number of likely N-dealkylation sites (N-methyl/N-ethyl adjacent to an activating group) is 1. The number of hydrogen-bond donors (Lipinski definition) is 3. The standard InChI is InChI=1S/C17H24F3N5O2.HI/c1-21-15(27)13-6-4-5-12(9-13)7-8-23-16(22-2)24-10-14(26)25(3)11-17(18,19)20;/h4-6,9H,7-8,10-11H2,1-3H3,(H,21,27)(H2,22,23,24);1H. The quantitative estimate of drug-likeness (QED) is 0.291. The molecule has 7 nitrogen and oxygen atoms in total. The molecule has 0 aliphatic rings. The molecule has 3 N–H and O–H groups in total. The van der Waals surface area contributed by atoms with Crippen LogP contribution >= 0.6 is 24.0 Å². The van der Waals surface area contributed by atoms with Gasteiger partial charge >= 0.3 is 6.18 Å². The second-order valence-corrected chi connectivity index (χ2v) is 5.75. The lowest BCUT2D eigenvalue weighted by Gasteiger charge is -2.20. The normalized spacial score (nSPS) is 11.3. The second kappa shape index (κ2) is 12.4. The summed E-state index contributed by atoms with van der Waals surface area (Å²) in [4.78, 5) is 27.9. The Morgan fingerprint density at radius 2 is 1.89 bits per heavy atom. The third-order valence-electron chi connectivity index (χ3n) is 3.60. The number of rotatable bonds is 7. The van der Waals surface area contributed by atoms with Crippen molar-refractivity contribution in [3.8, 4) is 0 Å². The maximum absolute atomic E-state index is 12.3. The van der Waals surface area contributed by atoms with Gasteiger partial charge in [0.05, 0.1) is 6.54 Å². The van der Waals surface area contributed by atoms with Crippen molar-refractivity contribution in [2.24, 2.45) is 4.99 Å². The number of nitrogens with zero attached hydrogens (tertiary/aromatic N) is 2. The molecule has 0 aromatic heterocycles. The number of benzene rings is 1. The van der Waals surface area contributed by atoms with Gasteiger partial charge in [-0.15, -0.1) is 24.0 Å². The first kappa shape index (κ1) is 26.0.